The molecule has 6 heteroatoms. The minimum atomic E-state index is 0.0720. The van der Waals surface area contributed by atoms with Gasteiger partial charge in [0.15, 0.2) is 0 Å². The molecule has 0 unspecified atom stereocenters. The Labute approximate surface area is 154 Å². The van der Waals surface area contributed by atoms with Crippen LogP contribution in [0, 0.1) is 0 Å². The van der Waals surface area contributed by atoms with Gasteiger partial charge >= 0.3 is 0 Å². The first kappa shape index (κ1) is 18.2. The first-order valence-corrected chi connectivity index (χ1v) is 9.03. The molecule has 2 heterocycles. The summed E-state index contributed by atoms with van der Waals surface area (Å²) in [5.41, 5.74) is 2.02. The maximum absolute atomic E-state index is 12.0. The highest BCUT2D eigenvalue weighted by Crippen LogP contribution is 2.28. The van der Waals surface area contributed by atoms with Gasteiger partial charge in [-0.25, -0.2) is 0 Å². The third-order valence-electron chi connectivity index (χ3n) is 4.65. The first-order chi connectivity index (χ1) is 12.8. The van der Waals surface area contributed by atoms with Crippen molar-refractivity contribution in [3.63, 3.8) is 0 Å². The van der Waals surface area contributed by atoms with Crippen LogP contribution in [0.25, 0.3) is 0 Å². The monoisotopic (exact) mass is 354 g/mol. The number of carbonyl (C=O) groups excluding carboxylic acids is 1. The Balaban J connectivity index is 1.39. The molecule has 1 N–H and O–H groups in total. The third kappa shape index (κ3) is 4.95. The Morgan fingerprint density at radius 3 is 2.62 bits per heavy atom. The summed E-state index contributed by atoms with van der Waals surface area (Å²) in [6, 6.07) is 13.8. The van der Waals surface area contributed by atoms with E-state index in [2.05, 4.69) is 26.2 Å². The maximum atomic E-state index is 12.0. The smallest absolute Gasteiger partial charge is 0.221 e. The fourth-order valence-electron chi connectivity index (χ4n) is 3.14. The highest BCUT2D eigenvalue weighted by atomic mass is 16.5. The summed E-state index contributed by atoms with van der Waals surface area (Å²) in [7, 11) is 1.71. The molecule has 0 bridgehead atoms. The van der Waals surface area contributed by atoms with Crippen LogP contribution in [0.15, 0.2) is 48.7 Å². The Morgan fingerprint density at radius 2 is 1.88 bits per heavy atom. The van der Waals surface area contributed by atoms with Crippen molar-refractivity contribution in [1.29, 1.82) is 0 Å². The lowest BCUT2D eigenvalue weighted by molar-refractivity contribution is -0.121. The first-order valence-electron chi connectivity index (χ1n) is 9.03. The van der Waals surface area contributed by atoms with E-state index in [-0.39, 0.29) is 5.91 Å². The number of anilines is 1. The number of hydrogen-bond acceptors (Lipinski definition) is 5. The normalized spacial score (nSPS) is 14.9. The Morgan fingerprint density at radius 1 is 1.12 bits per heavy atom. The number of pyridine rings is 1. The molecular formula is C20H26N4O2. The zero-order valence-electron chi connectivity index (χ0n) is 15.2. The fraction of sp³-hybridized carbons (Fsp3) is 0.400. The molecule has 0 aliphatic carbocycles. The van der Waals surface area contributed by atoms with Crippen LogP contribution in [-0.4, -0.2) is 55.6 Å². The molecule has 1 saturated heterocycles. The highest BCUT2D eigenvalue weighted by Gasteiger charge is 2.19. The molecule has 6 nitrogen and oxygen atoms in total. The molecule has 1 aliphatic heterocycles. The number of ether oxygens (including phenoxy) is 1. The van der Waals surface area contributed by atoms with Gasteiger partial charge in [-0.3, -0.25) is 14.7 Å². The van der Waals surface area contributed by atoms with E-state index >= 15 is 0 Å². The average molecular weight is 354 g/mol. The summed E-state index contributed by atoms with van der Waals surface area (Å²) in [5.74, 6) is 0.984. The van der Waals surface area contributed by atoms with Crippen LogP contribution in [0.3, 0.4) is 0 Å². The van der Waals surface area contributed by atoms with E-state index in [9.17, 15) is 4.79 Å². The minimum Gasteiger partial charge on any atom is -0.495 e. The number of carbonyl (C=O) groups is 1. The Hall–Kier alpha value is -2.60. The highest BCUT2D eigenvalue weighted by molar-refractivity contribution is 5.76. The summed E-state index contributed by atoms with van der Waals surface area (Å²) < 4.78 is 5.45. The van der Waals surface area contributed by atoms with Crippen LogP contribution < -0.4 is 15.0 Å². The van der Waals surface area contributed by atoms with E-state index in [1.54, 1.807) is 13.3 Å². The van der Waals surface area contributed by atoms with Crippen molar-refractivity contribution < 1.29 is 9.53 Å². The second kappa shape index (κ2) is 9.20. The molecule has 0 saturated carbocycles. The van der Waals surface area contributed by atoms with Gasteiger partial charge in [-0.15, -0.1) is 0 Å². The van der Waals surface area contributed by atoms with Gasteiger partial charge in [-0.05, 0) is 24.3 Å². The van der Waals surface area contributed by atoms with Crippen molar-refractivity contribution >= 4 is 11.6 Å². The molecule has 0 radical (unpaired) electrons. The van der Waals surface area contributed by atoms with Gasteiger partial charge < -0.3 is 15.0 Å². The third-order valence-corrected chi connectivity index (χ3v) is 4.65. The second-order valence-electron chi connectivity index (χ2n) is 6.35. The van der Waals surface area contributed by atoms with E-state index in [1.807, 2.05) is 36.4 Å². The van der Waals surface area contributed by atoms with Crippen LogP contribution in [0.5, 0.6) is 5.75 Å². The number of hydrogen-bond donors (Lipinski definition) is 1. The van der Waals surface area contributed by atoms with E-state index < -0.39 is 0 Å². The lowest BCUT2D eigenvalue weighted by Crippen LogP contribution is -2.47. The Kier molecular flexibility index (Phi) is 6.44. The van der Waals surface area contributed by atoms with Gasteiger partial charge in [0.2, 0.25) is 5.91 Å². The number of para-hydroxylation sites is 2. The number of methoxy groups -OCH3 is 1. The minimum absolute atomic E-state index is 0.0720. The number of rotatable bonds is 7. The molecule has 138 valence electrons. The van der Waals surface area contributed by atoms with Gasteiger partial charge in [0.1, 0.15) is 5.75 Å². The molecule has 1 aromatic carbocycles. The van der Waals surface area contributed by atoms with E-state index in [4.69, 9.17) is 4.74 Å². The molecule has 1 amide bonds. The SMILES string of the molecule is COc1ccccc1N1CCN(CCC(=O)NCc2ccccn2)CC1. The van der Waals surface area contributed by atoms with Crippen molar-refractivity contribution in [2.75, 3.05) is 44.7 Å². The van der Waals surface area contributed by atoms with Gasteiger partial charge in [0.25, 0.3) is 0 Å². The van der Waals surface area contributed by atoms with Crippen LogP contribution in [0.4, 0.5) is 5.69 Å². The number of aromatic nitrogens is 1. The van der Waals surface area contributed by atoms with Gasteiger partial charge in [0.05, 0.1) is 25.0 Å². The predicted molar refractivity (Wildman–Crippen MR) is 102 cm³/mol. The van der Waals surface area contributed by atoms with Crippen molar-refractivity contribution in [3.05, 3.63) is 54.4 Å². The van der Waals surface area contributed by atoms with Crippen molar-refractivity contribution in [2.45, 2.75) is 13.0 Å². The maximum Gasteiger partial charge on any atom is 0.221 e. The molecule has 26 heavy (non-hydrogen) atoms. The van der Waals surface area contributed by atoms with Crippen LogP contribution in [0.1, 0.15) is 12.1 Å². The summed E-state index contributed by atoms with van der Waals surface area (Å²) in [5, 5.41) is 2.93. The topological polar surface area (TPSA) is 57.7 Å². The van der Waals surface area contributed by atoms with Crippen molar-refractivity contribution in [1.82, 2.24) is 15.2 Å². The van der Waals surface area contributed by atoms with E-state index in [1.165, 1.54) is 0 Å². The quantitative estimate of drug-likeness (QED) is 0.823. The lowest BCUT2D eigenvalue weighted by Gasteiger charge is -2.36. The molecule has 0 spiro atoms. The van der Waals surface area contributed by atoms with Gasteiger partial charge in [-0.2, -0.15) is 0 Å². The van der Waals surface area contributed by atoms with Gasteiger partial charge in [0, 0.05) is 45.3 Å². The average Bonchev–Trinajstić information content (AvgIpc) is 2.72. The standard InChI is InChI=1S/C20H26N4O2/c1-26-19-8-3-2-7-18(19)24-14-12-23(13-15-24)11-9-20(25)22-16-17-6-4-5-10-21-17/h2-8,10H,9,11-16H2,1H3,(H,22,25). The molecule has 1 aliphatic rings. The molecule has 2 aromatic rings. The molecule has 0 atom stereocenters. The van der Waals surface area contributed by atoms with Crippen LogP contribution >= 0.6 is 0 Å². The summed E-state index contributed by atoms with van der Waals surface area (Å²) in [6.07, 6.45) is 2.25. The molecule has 1 fully saturated rings. The van der Waals surface area contributed by atoms with E-state index in [0.717, 1.165) is 49.9 Å². The summed E-state index contributed by atoms with van der Waals surface area (Å²) >= 11 is 0. The lowest BCUT2D eigenvalue weighted by atomic mass is 10.2. The van der Waals surface area contributed by atoms with Crippen LogP contribution in [0.2, 0.25) is 0 Å². The van der Waals surface area contributed by atoms with Crippen LogP contribution in [-0.2, 0) is 11.3 Å². The number of piperazine rings is 1. The predicted octanol–water partition coefficient (Wildman–Crippen LogP) is 1.92. The zero-order chi connectivity index (χ0) is 18.2. The number of nitrogens with zero attached hydrogens (tertiary/aromatic N) is 3. The number of benzene rings is 1. The number of amides is 1. The molecule has 1 aromatic heterocycles. The van der Waals surface area contributed by atoms with Crippen molar-refractivity contribution in [3.8, 4) is 5.75 Å². The zero-order valence-corrected chi connectivity index (χ0v) is 15.2. The van der Waals surface area contributed by atoms with Crippen molar-refractivity contribution in [2.24, 2.45) is 0 Å². The van der Waals surface area contributed by atoms with Gasteiger partial charge in [-0.1, -0.05) is 18.2 Å². The Bertz CT molecular complexity index is 700. The summed E-state index contributed by atoms with van der Waals surface area (Å²) in [6.45, 7) is 5.05. The molecular weight excluding hydrogens is 328 g/mol. The number of nitrogens with one attached hydrogen (secondary N) is 1. The van der Waals surface area contributed by atoms with E-state index in [0.29, 0.717) is 13.0 Å². The molecule has 3 rings (SSSR count). The second-order valence-corrected chi connectivity index (χ2v) is 6.35. The fourth-order valence-corrected chi connectivity index (χ4v) is 3.14. The summed E-state index contributed by atoms with van der Waals surface area (Å²) in [4.78, 5) is 20.9. The largest absolute Gasteiger partial charge is 0.495 e.